The largest absolute Gasteiger partial charge is 0.490 e. The van der Waals surface area contributed by atoms with Gasteiger partial charge in [-0.05, 0) is 54.8 Å². The van der Waals surface area contributed by atoms with Crippen LogP contribution >= 0.6 is 0 Å². The average molecular weight is 404 g/mol. The number of ether oxygens (including phenoxy) is 1. The lowest BCUT2D eigenvalue weighted by Gasteiger charge is -2.15. The third-order valence-electron chi connectivity index (χ3n) is 5.25. The van der Waals surface area contributed by atoms with Gasteiger partial charge in [-0.15, -0.1) is 0 Å². The first-order valence-corrected chi connectivity index (χ1v) is 9.89. The van der Waals surface area contributed by atoms with Crippen LogP contribution in [0.15, 0.2) is 60.7 Å². The highest BCUT2D eigenvalue weighted by molar-refractivity contribution is 6.11. The van der Waals surface area contributed by atoms with Crippen LogP contribution in [0.1, 0.15) is 27.0 Å². The van der Waals surface area contributed by atoms with E-state index in [2.05, 4.69) is 5.32 Å². The summed E-state index contributed by atoms with van der Waals surface area (Å²) in [7, 11) is 0. The van der Waals surface area contributed by atoms with E-state index in [0.717, 1.165) is 22.5 Å². The second kappa shape index (κ2) is 8.57. The Bertz CT molecular complexity index is 1080. The van der Waals surface area contributed by atoms with Crippen molar-refractivity contribution < 1.29 is 19.7 Å². The van der Waals surface area contributed by atoms with Crippen LogP contribution in [-0.4, -0.2) is 35.3 Å². The summed E-state index contributed by atoms with van der Waals surface area (Å²) in [4.78, 5) is 13.2. The Morgan fingerprint density at radius 1 is 1.03 bits per heavy atom. The normalized spacial score (nSPS) is 13.7. The number of para-hydroxylation sites is 2. The van der Waals surface area contributed by atoms with Gasteiger partial charge in [0, 0.05) is 22.4 Å². The van der Waals surface area contributed by atoms with E-state index in [0.29, 0.717) is 35.4 Å². The van der Waals surface area contributed by atoms with Gasteiger partial charge in [-0.25, -0.2) is 0 Å². The SMILES string of the molecule is Nc1ccccc1Nc1ccc2c(c1)CCc1c(OCC(O)CO)cccc1C2=O. The topological polar surface area (TPSA) is 105 Å². The number of nitrogens with one attached hydrogen (secondary N) is 1. The molecular formula is C24H24N2O4. The van der Waals surface area contributed by atoms with Crippen molar-refractivity contribution in [3.8, 4) is 5.75 Å². The average Bonchev–Trinajstić information content (AvgIpc) is 2.90. The zero-order valence-corrected chi connectivity index (χ0v) is 16.5. The number of nitrogens with two attached hydrogens (primary N) is 1. The van der Waals surface area contributed by atoms with E-state index < -0.39 is 6.10 Å². The fourth-order valence-electron chi connectivity index (χ4n) is 3.68. The Kier molecular flexibility index (Phi) is 5.70. The standard InChI is InChI=1S/C24H24N2O4/c25-21-5-1-2-6-22(21)26-16-9-11-18-15(12-16)8-10-19-20(24(18)29)4-3-7-23(19)30-14-17(28)13-27/h1-7,9,11-12,17,26-28H,8,10,13-14,25H2. The van der Waals surface area contributed by atoms with Crippen molar-refractivity contribution in [1.29, 1.82) is 0 Å². The number of hydrogen-bond acceptors (Lipinski definition) is 6. The number of aliphatic hydroxyl groups is 2. The fraction of sp³-hybridized carbons (Fsp3) is 0.208. The molecule has 4 rings (SSSR count). The Morgan fingerprint density at radius 2 is 1.87 bits per heavy atom. The van der Waals surface area contributed by atoms with Gasteiger partial charge < -0.3 is 26.0 Å². The number of anilines is 3. The van der Waals surface area contributed by atoms with E-state index in [4.69, 9.17) is 15.6 Å². The van der Waals surface area contributed by atoms with Crippen molar-refractivity contribution in [2.75, 3.05) is 24.3 Å². The lowest BCUT2D eigenvalue weighted by Crippen LogP contribution is -2.22. The maximum atomic E-state index is 13.2. The van der Waals surface area contributed by atoms with Gasteiger partial charge in [0.1, 0.15) is 18.5 Å². The molecule has 0 radical (unpaired) electrons. The molecular weight excluding hydrogens is 380 g/mol. The van der Waals surface area contributed by atoms with Crippen LogP contribution in [0.4, 0.5) is 17.1 Å². The van der Waals surface area contributed by atoms with E-state index in [1.54, 1.807) is 18.2 Å². The quantitative estimate of drug-likeness (QED) is 0.471. The number of fused-ring (bicyclic) bond motifs is 2. The number of ketones is 1. The zero-order chi connectivity index (χ0) is 21.1. The summed E-state index contributed by atoms with van der Waals surface area (Å²) in [6.07, 6.45) is 0.353. The third-order valence-corrected chi connectivity index (χ3v) is 5.25. The summed E-state index contributed by atoms with van der Waals surface area (Å²) >= 11 is 0. The molecule has 0 saturated heterocycles. The Labute approximate surface area is 174 Å². The molecule has 6 heteroatoms. The molecule has 3 aromatic rings. The Balaban J connectivity index is 1.62. The van der Waals surface area contributed by atoms with Crippen LogP contribution in [0.5, 0.6) is 5.75 Å². The van der Waals surface area contributed by atoms with Crippen molar-refractivity contribution >= 4 is 22.8 Å². The zero-order valence-electron chi connectivity index (χ0n) is 16.5. The molecule has 0 amide bonds. The molecule has 0 aromatic heterocycles. The first-order chi connectivity index (χ1) is 14.6. The molecule has 0 aliphatic heterocycles. The molecule has 0 fully saturated rings. The van der Waals surface area contributed by atoms with Crippen LogP contribution in [-0.2, 0) is 12.8 Å². The van der Waals surface area contributed by atoms with Gasteiger partial charge in [0.2, 0.25) is 0 Å². The van der Waals surface area contributed by atoms with E-state index in [9.17, 15) is 9.90 Å². The number of carbonyl (C=O) groups excluding carboxylic acids is 1. The van der Waals surface area contributed by atoms with Crippen LogP contribution in [0, 0.1) is 0 Å². The fourth-order valence-corrected chi connectivity index (χ4v) is 3.68. The van der Waals surface area contributed by atoms with Gasteiger partial charge in [-0.3, -0.25) is 4.79 Å². The molecule has 1 atom stereocenters. The molecule has 154 valence electrons. The molecule has 6 nitrogen and oxygen atoms in total. The van der Waals surface area contributed by atoms with Crippen LogP contribution in [0.3, 0.4) is 0 Å². The number of aryl methyl sites for hydroxylation is 1. The second-order valence-corrected chi connectivity index (χ2v) is 7.34. The number of aliphatic hydroxyl groups excluding tert-OH is 2. The molecule has 0 saturated carbocycles. The summed E-state index contributed by atoms with van der Waals surface area (Å²) in [6, 6.07) is 18.6. The number of hydrogen-bond donors (Lipinski definition) is 4. The molecule has 0 heterocycles. The predicted molar refractivity (Wildman–Crippen MR) is 116 cm³/mol. The Hall–Kier alpha value is -3.35. The maximum absolute atomic E-state index is 13.2. The molecule has 0 spiro atoms. The van der Waals surface area contributed by atoms with Crippen LogP contribution in [0.25, 0.3) is 0 Å². The summed E-state index contributed by atoms with van der Waals surface area (Å²) in [5.41, 5.74) is 11.4. The van der Waals surface area contributed by atoms with Gasteiger partial charge in [-0.2, -0.15) is 0 Å². The minimum atomic E-state index is -0.960. The van der Waals surface area contributed by atoms with Crippen molar-refractivity contribution in [3.05, 3.63) is 82.9 Å². The molecule has 1 unspecified atom stereocenters. The summed E-state index contributed by atoms with van der Waals surface area (Å²) in [5.74, 6) is 0.521. The van der Waals surface area contributed by atoms with Gasteiger partial charge >= 0.3 is 0 Å². The smallest absolute Gasteiger partial charge is 0.193 e. The number of benzene rings is 3. The van der Waals surface area contributed by atoms with Crippen LogP contribution in [0.2, 0.25) is 0 Å². The predicted octanol–water partition coefficient (Wildman–Crippen LogP) is 3.07. The molecule has 1 aliphatic carbocycles. The van der Waals surface area contributed by atoms with Gasteiger partial charge in [0.25, 0.3) is 0 Å². The summed E-state index contributed by atoms with van der Waals surface area (Å²) in [6.45, 7) is -0.401. The van der Waals surface area contributed by atoms with Crippen LogP contribution < -0.4 is 15.8 Å². The monoisotopic (exact) mass is 404 g/mol. The van der Waals surface area contributed by atoms with Gasteiger partial charge in [0.05, 0.1) is 18.0 Å². The first-order valence-electron chi connectivity index (χ1n) is 9.89. The molecule has 30 heavy (non-hydrogen) atoms. The van der Waals surface area contributed by atoms with Gasteiger partial charge in [0.15, 0.2) is 5.78 Å². The lowest BCUT2D eigenvalue weighted by atomic mass is 9.98. The number of carbonyl (C=O) groups is 1. The highest BCUT2D eigenvalue weighted by atomic mass is 16.5. The number of nitrogen functional groups attached to an aromatic ring is 1. The third kappa shape index (κ3) is 4.01. The summed E-state index contributed by atoms with van der Waals surface area (Å²) < 4.78 is 5.69. The molecule has 5 N–H and O–H groups in total. The van der Waals surface area contributed by atoms with Gasteiger partial charge in [-0.1, -0.05) is 24.3 Å². The number of rotatable bonds is 6. The van der Waals surface area contributed by atoms with E-state index in [-0.39, 0.29) is 19.0 Å². The lowest BCUT2D eigenvalue weighted by molar-refractivity contribution is 0.0533. The van der Waals surface area contributed by atoms with E-state index in [1.807, 2.05) is 42.5 Å². The molecule has 3 aromatic carbocycles. The second-order valence-electron chi connectivity index (χ2n) is 7.34. The molecule has 0 bridgehead atoms. The highest BCUT2D eigenvalue weighted by Crippen LogP contribution is 2.33. The van der Waals surface area contributed by atoms with E-state index >= 15 is 0 Å². The van der Waals surface area contributed by atoms with E-state index in [1.165, 1.54) is 0 Å². The van der Waals surface area contributed by atoms with Crippen molar-refractivity contribution in [3.63, 3.8) is 0 Å². The first kappa shape index (κ1) is 19.9. The van der Waals surface area contributed by atoms with Crippen molar-refractivity contribution in [2.45, 2.75) is 18.9 Å². The van der Waals surface area contributed by atoms with Crippen molar-refractivity contribution in [2.24, 2.45) is 0 Å². The molecule has 1 aliphatic rings. The van der Waals surface area contributed by atoms with Crippen molar-refractivity contribution in [1.82, 2.24) is 0 Å². The Morgan fingerprint density at radius 3 is 2.67 bits per heavy atom. The minimum absolute atomic E-state index is 0.0271. The minimum Gasteiger partial charge on any atom is -0.490 e. The summed E-state index contributed by atoms with van der Waals surface area (Å²) in [5, 5.41) is 21.9. The maximum Gasteiger partial charge on any atom is 0.193 e. The highest BCUT2D eigenvalue weighted by Gasteiger charge is 2.24.